The number of benzene rings is 1. The van der Waals surface area contributed by atoms with Gasteiger partial charge in [-0.05, 0) is 38.2 Å². The normalized spacial score (nSPS) is 20.9. The number of rotatable bonds is 6. The van der Waals surface area contributed by atoms with E-state index < -0.39 is 0 Å². The summed E-state index contributed by atoms with van der Waals surface area (Å²) in [5.41, 5.74) is 2.27. The molecule has 0 bridgehead atoms. The second-order valence-electron chi connectivity index (χ2n) is 9.10. The van der Waals surface area contributed by atoms with E-state index in [1.165, 1.54) is 6.33 Å². The molecule has 2 atom stereocenters. The van der Waals surface area contributed by atoms with Crippen LogP contribution in [0.25, 0.3) is 11.0 Å². The standard InChI is InChI=1S/C25H29N5O3/c1-16-10-11-19(13-30(16)25(32)33-14-17-6-3-2-4-7-17)29-24-21-20(22(31)18-8-5-9-18)12-26-23(21)27-15-28-24/h2-4,6-7,12,15-16,18-19H,5,8-11,13-14H2,1H3,(H2,26,27,28,29)/t16-,19+/m0/s1. The van der Waals surface area contributed by atoms with Crippen LogP contribution in [0.2, 0.25) is 0 Å². The monoisotopic (exact) mass is 447 g/mol. The van der Waals surface area contributed by atoms with E-state index in [-0.39, 0.29) is 36.5 Å². The molecule has 0 radical (unpaired) electrons. The summed E-state index contributed by atoms with van der Waals surface area (Å²) in [6, 6.07) is 9.78. The largest absolute Gasteiger partial charge is 0.445 e. The fourth-order valence-electron chi connectivity index (χ4n) is 4.63. The first-order valence-electron chi connectivity index (χ1n) is 11.7. The summed E-state index contributed by atoms with van der Waals surface area (Å²) in [4.78, 5) is 39.4. The third kappa shape index (κ3) is 4.42. The van der Waals surface area contributed by atoms with E-state index in [1.54, 1.807) is 11.1 Å². The van der Waals surface area contributed by atoms with Gasteiger partial charge in [0, 0.05) is 36.3 Å². The van der Waals surface area contributed by atoms with Crippen molar-refractivity contribution in [2.24, 2.45) is 5.92 Å². The number of ketones is 1. The Hall–Kier alpha value is -3.42. The molecule has 33 heavy (non-hydrogen) atoms. The molecule has 2 aromatic heterocycles. The smallest absolute Gasteiger partial charge is 0.410 e. The van der Waals surface area contributed by atoms with Crippen molar-refractivity contribution >= 4 is 28.7 Å². The average molecular weight is 448 g/mol. The summed E-state index contributed by atoms with van der Waals surface area (Å²) in [7, 11) is 0. The number of Topliss-reactive ketones (excluding diaryl/α,β-unsaturated/α-hetero) is 1. The van der Waals surface area contributed by atoms with Crippen molar-refractivity contribution in [2.75, 3.05) is 11.9 Å². The minimum absolute atomic E-state index is 0.00475. The van der Waals surface area contributed by atoms with Crippen LogP contribution in [0.1, 0.15) is 54.9 Å². The summed E-state index contributed by atoms with van der Waals surface area (Å²) in [6.45, 7) is 2.81. The number of ether oxygens (including phenoxy) is 1. The number of carbonyl (C=O) groups is 2. The topological polar surface area (TPSA) is 100 Å². The molecular weight excluding hydrogens is 418 g/mol. The molecule has 1 saturated carbocycles. The molecule has 8 heteroatoms. The Morgan fingerprint density at radius 2 is 1.97 bits per heavy atom. The highest BCUT2D eigenvalue weighted by Crippen LogP contribution is 2.34. The number of amides is 1. The lowest BCUT2D eigenvalue weighted by Crippen LogP contribution is -2.49. The molecular formula is C25H29N5O3. The number of hydrogen-bond acceptors (Lipinski definition) is 6. The molecule has 3 heterocycles. The van der Waals surface area contributed by atoms with Crippen LogP contribution in [0.3, 0.4) is 0 Å². The van der Waals surface area contributed by atoms with Crippen LogP contribution >= 0.6 is 0 Å². The first kappa shape index (κ1) is 21.4. The summed E-state index contributed by atoms with van der Waals surface area (Å²) >= 11 is 0. The van der Waals surface area contributed by atoms with E-state index in [4.69, 9.17) is 4.74 Å². The molecule has 2 fully saturated rings. The van der Waals surface area contributed by atoms with Crippen LogP contribution in [-0.4, -0.2) is 50.4 Å². The zero-order chi connectivity index (χ0) is 22.8. The average Bonchev–Trinajstić information content (AvgIpc) is 3.23. The van der Waals surface area contributed by atoms with Gasteiger partial charge in [0.15, 0.2) is 5.78 Å². The maximum absolute atomic E-state index is 12.9. The SMILES string of the molecule is C[C@H]1CC[C@@H](Nc2ncnc3[nH]cc(C(=O)C4CCC4)c23)CN1C(=O)OCc1ccccc1. The van der Waals surface area contributed by atoms with Crippen LogP contribution in [-0.2, 0) is 11.3 Å². The number of aromatic amines is 1. The number of likely N-dealkylation sites (tertiary alicyclic amines) is 1. The molecule has 172 valence electrons. The van der Waals surface area contributed by atoms with Gasteiger partial charge < -0.3 is 19.9 Å². The lowest BCUT2D eigenvalue weighted by molar-refractivity contribution is 0.0696. The van der Waals surface area contributed by atoms with Gasteiger partial charge in [-0.25, -0.2) is 14.8 Å². The maximum atomic E-state index is 12.9. The van der Waals surface area contributed by atoms with Crippen LogP contribution in [0.5, 0.6) is 0 Å². The Kier molecular flexibility index (Phi) is 5.98. The number of anilines is 1. The summed E-state index contributed by atoms with van der Waals surface area (Å²) < 4.78 is 5.57. The Balaban J connectivity index is 1.29. The molecule has 5 rings (SSSR count). The van der Waals surface area contributed by atoms with Crippen LogP contribution in [0, 0.1) is 5.92 Å². The van der Waals surface area contributed by atoms with Gasteiger partial charge in [0.2, 0.25) is 0 Å². The molecule has 2 N–H and O–H groups in total. The van der Waals surface area contributed by atoms with E-state index >= 15 is 0 Å². The number of nitrogens with one attached hydrogen (secondary N) is 2. The first-order valence-corrected chi connectivity index (χ1v) is 11.7. The summed E-state index contributed by atoms with van der Waals surface area (Å²) in [6.07, 6.45) is 7.69. The van der Waals surface area contributed by atoms with Gasteiger partial charge in [0.1, 0.15) is 24.4 Å². The van der Waals surface area contributed by atoms with Crippen molar-refractivity contribution in [1.82, 2.24) is 19.9 Å². The number of nitrogens with zero attached hydrogens (tertiary/aromatic N) is 3. The lowest BCUT2D eigenvalue weighted by Gasteiger charge is -2.37. The van der Waals surface area contributed by atoms with Gasteiger partial charge >= 0.3 is 6.09 Å². The quantitative estimate of drug-likeness (QED) is 0.538. The van der Waals surface area contributed by atoms with Gasteiger partial charge in [-0.15, -0.1) is 0 Å². The zero-order valence-electron chi connectivity index (χ0n) is 18.8. The van der Waals surface area contributed by atoms with Crippen LogP contribution in [0.4, 0.5) is 10.6 Å². The minimum Gasteiger partial charge on any atom is -0.445 e. The van der Waals surface area contributed by atoms with Gasteiger partial charge in [-0.3, -0.25) is 4.79 Å². The molecule has 3 aromatic rings. The number of fused-ring (bicyclic) bond motifs is 1. The number of H-pyrrole nitrogens is 1. The fourth-order valence-corrected chi connectivity index (χ4v) is 4.63. The second kappa shape index (κ2) is 9.21. The van der Waals surface area contributed by atoms with E-state index in [1.807, 2.05) is 37.3 Å². The van der Waals surface area contributed by atoms with E-state index in [2.05, 4.69) is 20.3 Å². The Morgan fingerprint density at radius 1 is 1.15 bits per heavy atom. The highest BCUT2D eigenvalue weighted by Gasteiger charge is 2.32. The second-order valence-corrected chi connectivity index (χ2v) is 9.10. The van der Waals surface area contributed by atoms with Crippen molar-refractivity contribution in [3.8, 4) is 0 Å². The fraction of sp³-hybridized carbons (Fsp3) is 0.440. The van der Waals surface area contributed by atoms with E-state index in [0.29, 0.717) is 23.6 Å². The molecule has 1 saturated heterocycles. The highest BCUT2D eigenvalue weighted by molar-refractivity contribution is 6.11. The van der Waals surface area contributed by atoms with Crippen molar-refractivity contribution in [2.45, 2.75) is 57.7 Å². The summed E-state index contributed by atoms with van der Waals surface area (Å²) in [5, 5.41) is 4.23. The van der Waals surface area contributed by atoms with Gasteiger partial charge in [-0.1, -0.05) is 36.8 Å². The zero-order valence-corrected chi connectivity index (χ0v) is 18.8. The predicted molar refractivity (Wildman–Crippen MR) is 125 cm³/mol. The van der Waals surface area contributed by atoms with Crippen LogP contribution in [0.15, 0.2) is 42.9 Å². The third-order valence-corrected chi connectivity index (χ3v) is 6.87. The van der Waals surface area contributed by atoms with Crippen LogP contribution < -0.4 is 5.32 Å². The van der Waals surface area contributed by atoms with Gasteiger partial charge in [0.25, 0.3) is 0 Å². The number of aromatic nitrogens is 3. The number of carbonyl (C=O) groups excluding carboxylic acids is 2. The number of hydrogen-bond donors (Lipinski definition) is 2. The molecule has 1 aromatic carbocycles. The lowest BCUT2D eigenvalue weighted by atomic mass is 9.80. The van der Waals surface area contributed by atoms with Gasteiger partial charge in [0.05, 0.1) is 5.39 Å². The molecule has 1 aliphatic heterocycles. The molecule has 8 nitrogen and oxygen atoms in total. The Morgan fingerprint density at radius 3 is 2.73 bits per heavy atom. The first-order chi connectivity index (χ1) is 16.1. The Bertz CT molecular complexity index is 1140. The predicted octanol–water partition coefficient (Wildman–Crippen LogP) is 4.54. The van der Waals surface area contributed by atoms with Crippen molar-refractivity contribution in [3.05, 3.63) is 54.0 Å². The van der Waals surface area contributed by atoms with Crippen molar-refractivity contribution in [3.63, 3.8) is 0 Å². The molecule has 1 aliphatic carbocycles. The Labute approximate surface area is 192 Å². The third-order valence-electron chi connectivity index (χ3n) is 6.87. The van der Waals surface area contributed by atoms with Crippen molar-refractivity contribution in [1.29, 1.82) is 0 Å². The number of piperidine rings is 1. The molecule has 2 aliphatic rings. The maximum Gasteiger partial charge on any atom is 0.410 e. The summed E-state index contributed by atoms with van der Waals surface area (Å²) in [5.74, 6) is 0.900. The van der Waals surface area contributed by atoms with Gasteiger partial charge in [-0.2, -0.15) is 0 Å². The highest BCUT2D eigenvalue weighted by atomic mass is 16.6. The van der Waals surface area contributed by atoms with Crippen molar-refractivity contribution < 1.29 is 14.3 Å². The minimum atomic E-state index is -0.312. The molecule has 0 unspecified atom stereocenters. The van der Waals surface area contributed by atoms with E-state index in [0.717, 1.165) is 43.1 Å². The van der Waals surface area contributed by atoms with E-state index in [9.17, 15) is 9.59 Å². The molecule has 0 spiro atoms. The molecule has 1 amide bonds.